The van der Waals surface area contributed by atoms with Gasteiger partial charge in [-0.15, -0.1) is 0 Å². The molecule has 0 saturated heterocycles. The highest BCUT2D eigenvalue weighted by Crippen LogP contribution is 2.22. The van der Waals surface area contributed by atoms with Crippen LogP contribution in [0, 0.1) is 0 Å². The van der Waals surface area contributed by atoms with Gasteiger partial charge in [0, 0.05) is 19.1 Å². The summed E-state index contributed by atoms with van der Waals surface area (Å²) in [5.41, 5.74) is 6.44. The lowest BCUT2D eigenvalue weighted by Crippen LogP contribution is -2.36. The van der Waals surface area contributed by atoms with Crippen LogP contribution in [0.2, 0.25) is 0 Å². The molecule has 1 saturated carbocycles. The summed E-state index contributed by atoms with van der Waals surface area (Å²) in [6.45, 7) is 0.963. The third kappa shape index (κ3) is 4.53. The molecule has 1 aliphatic carbocycles. The number of rotatable bonds is 6. The lowest BCUT2D eigenvalue weighted by molar-refractivity contribution is 0.201. The second kappa shape index (κ2) is 7.38. The molecular weight excluding hydrogens is 284 g/mol. The van der Waals surface area contributed by atoms with Crippen molar-refractivity contribution < 1.29 is 8.42 Å². The summed E-state index contributed by atoms with van der Waals surface area (Å²) < 4.78 is 24.8. The van der Waals surface area contributed by atoms with E-state index in [1.165, 1.54) is 32.1 Å². The fourth-order valence-corrected chi connectivity index (χ4v) is 4.33. The molecule has 0 spiro atoms. The van der Waals surface area contributed by atoms with E-state index in [0.29, 0.717) is 24.0 Å². The monoisotopic (exact) mass is 310 g/mol. The summed E-state index contributed by atoms with van der Waals surface area (Å²) in [7, 11) is -1.18. The van der Waals surface area contributed by atoms with Crippen LogP contribution in [0.1, 0.15) is 37.7 Å². The van der Waals surface area contributed by atoms with Crippen LogP contribution in [0.15, 0.2) is 29.2 Å². The van der Waals surface area contributed by atoms with E-state index >= 15 is 0 Å². The molecule has 0 atom stereocenters. The zero-order valence-electron chi connectivity index (χ0n) is 12.8. The minimum absolute atomic E-state index is 0.175. The molecule has 2 N–H and O–H groups in total. The molecule has 21 heavy (non-hydrogen) atoms. The fourth-order valence-electron chi connectivity index (χ4n) is 2.95. The van der Waals surface area contributed by atoms with Crippen LogP contribution < -0.4 is 5.73 Å². The van der Waals surface area contributed by atoms with Crippen molar-refractivity contribution in [1.29, 1.82) is 0 Å². The molecule has 5 heteroatoms. The maximum absolute atomic E-state index is 12.4. The number of nitrogens with two attached hydrogens (primary N) is 1. The molecule has 118 valence electrons. The highest BCUT2D eigenvalue weighted by atomic mass is 32.2. The molecule has 1 aromatic carbocycles. The maximum Gasteiger partial charge on any atom is 0.179 e. The van der Waals surface area contributed by atoms with Crippen molar-refractivity contribution in [2.24, 2.45) is 5.73 Å². The van der Waals surface area contributed by atoms with Gasteiger partial charge in [-0.3, -0.25) is 0 Å². The first-order valence-electron chi connectivity index (χ1n) is 7.75. The predicted octanol–water partition coefficient (Wildman–Crippen LogP) is 2.18. The van der Waals surface area contributed by atoms with E-state index in [1.807, 2.05) is 13.1 Å². The summed E-state index contributed by atoms with van der Waals surface area (Å²) in [6.07, 6.45) is 6.23. The minimum Gasteiger partial charge on any atom is -0.326 e. The Bertz CT molecular complexity index is 551. The first-order chi connectivity index (χ1) is 10.0. The summed E-state index contributed by atoms with van der Waals surface area (Å²) in [5, 5.41) is 0. The van der Waals surface area contributed by atoms with Gasteiger partial charge in [0.15, 0.2) is 9.84 Å². The van der Waals surface area contributed by atoms with Crippen molar-refractivity contribution >= 4 is 9.84 Å². The Kier molecular flexibility index (Phi) is 5.79. The molecule has 0 aromatic heterocycles. The van der Waals surface area contributed by atoms with Crippen LogP contribution in [0.3, 0.4) is 0 Å². The summed E-state index contributed by atoms with van der Waals surface area (Å²) in [6, 6.07) is 7.52. The van der Waals surface area contributed by atoms with E-state index in [-0.39, 0.29) is 5.75 Å². The van der Waals surface area contributed by atoms with Crippen molar-refractivity contribution in [2.45, 2.75) is 49.6 Å². The molecule has 1 fully saturated rings. The highest BCUT2D eigenvalue weighted by Gasteiger charge is 2.21. The standard InChI is InChI=1S/C16H26N2O2S/c1-18(15-7-3-2-4-8-15)10-11-21(19,20)16-9-5-6-14(12-16)13-17/h5-6,9,12,15H,2-4,7-8,10-11,13,17H2,1H3. The van der Waals surface area contributed by atoms with Crippen LogP contribution in [0.4, 0.5) is 0 Å². The third-order valence-electron chi connectivity index (χ3n) is 4.40. The highest BCUT2D eigenvalue weighted by molar-refractivity contribution is 7.91. The van der Waals surface area contributed by atoms with Crippen molar-refractivity contribution in [3.63, 3.8) is 0 Å². The van der Waals surface area contributed by atoms with E-state index < -0.39 is 9.84 Å². The van der Waals surface area contributed by atoms with E-state index in [2.05, 4.69) is 4.90 Å². The summed E-state index contributed by atoms with van der Waals surface area (Å²) >= 11 is 0. The second-order valence-corrected chi connectivity index (χ2v) is 8.05. The molecule has 0 amide bonds. The Morgan fingerprint density at radius 1 is 1.24 bits per heavy atom. The maximum atomic E-state index is 12.4. The Labute approximate surface area is 128 Å². The van der Waals surface area contributed by atoms with Crippen molar-refractivity contribution in [2.75, 3.05) is 19.3 Å². The molecule has 2 rings (SSSR count). The Balaban J connectivity index is 1.96. The van der Waals surface area contributed by atoms with E-state index in [0.717, 1.165) is 5.56 Å². The van der Waals surface area contributed by atoms with Crippen LogP contribution in [-0.4, -0.2) is 38.7 Å². The fraction of sp³-hybridized carbons (Fsp3) is 0.625. The average Bonchev–Trinajstić information content (AvgIpc) is 2.53. The van der Waals surface area contributed by atoms with Gasteiger partial charge >= 0.3 is 0 Å². The van der Waals surface area contributed by atoms with E-state index in [4.69, 9.17) is 5.73 Å². The molecule has 1 aromatic rings. The van der Waals surface area contributed by atoms with E-state index in [9.17, 15) is 8.42 Å². The average molecular weight is 310 g/mol. The van der Waals surface area contributed by atoms with Crippen LogP contribution in [-0.2, 0) is 16.4 Å². The minimum atomic E-state index is -3.22. The van der Waals surface area contributed by atoms with E-state index in [1.54, 1.807) is 18.2 Å². The van der Waals surface area contributed by atoms with Crippen molar-refractivity contribution in [1.82, 2.24) is 4.90 Å². The Morgan fingerprint density at radius 3 is 2.62 bits per heavy atom. The summed E-state index contributed by atoms with van der Waals surface area (Å²) in [4.78, 5) is 2.60. The van der Waals surface area contributed by atoms with Gasteiger partial charge < -0.3 is 10.6 Å². The van der Waals surface area contributed by atoms with Gasteiger partial charge in [-0.05, 0) is 37.6 Å². The molecule has 0 radical (unpaired) electrons. The number of hydrogen-bond acceptors (Lipinski definition) is 4. The summed E-state index contributed by atoms with van der Waals surface area (Å²) in [5.74, 6) is 0.175. The van der Waals surface area contributed by atoms with Gasteiger partial charge in [-0.1, -0.05) is 31.4 Å². The Morgan fingerprint density at radius 2 is 1.95 bits per heavy atom. The molecular formula is C16H26N2O2S. The molecule has 0 aliphatic heterocycles. The molecule has 0 bridgehead atoms. The molecule has 0 heterocycles. The van der Waals surface area contributed by atoms with Gasteiger partial charge in [-0.25, -0.2) is 8.42 Å². The zero-order valence-corrected chi connectivity index (χ0v) is 13.6. The molecule has 0 unspecified atom stereocenters. The number of benzene rings is 1. The topological polar surface area (TPSA) is 63.4 Å². The van der Waals surface area contributed by atoms with Gasteiger partial charge in [0.25, 0.3) is 0 Å². The largest absolute Gasteiger partial charge is 0.326 e. The number of hydrogen-bond donors (Lipinski definition) is 1. The smallest absolute Gasteiger partial charge is 0.179 e. The van der Waals surface area contributed by atoms with Gasteiger partial charge in [0.05, 0.1) is 10.6 Å². The first kappa shape index (κ1) is 16.5. The lowest BCUT2D eigenvalue weighted by atomic mass is 9.94. The molecule has 4 nitrogen and oxygen atoms in total. The number of nitrogens with zero attached hydrogens (tertiary/aromatic N) is 1. The van der Waals surface area contributed by atoms with Crippen LogP contribution >= 0.6 is 0 Å². The quantitative estimate of drug-likeness (QED) is 0.875. The van der Waals surface area contributed by atoms with Gasteiger partial charge in [-0.2, -0.15) is 0 Å². The number of sulfone groups is 1. The second-order valence-electron chi connectivity index (χ2n) is 5.94. The lowest BCUT2D eigenvalue weighted by Gasteiger charge is -2.31. The van der Waals surface area contributed by atoms with Crippen molar-refractivity contribution in [3.8, 4) is 0 Å². The van der Waals surface area contributed by atoms with Gasteiger partial charge in [0.1, 0.15) is 0 Å². The third-order valence-corrected chi connectivity index (χ3v) is 6.10. The SMILES string of the molecule is CN(CCS(=O)(=O)c1cccc(CN)c1)C1CCCCC1. The van der Waals surface area contributed by atoms with Crippen LogP contribution in [0.25, 0.3) is 0 Å². The van der Waals surface area contributed by atoms with Gasteiger partial charge in [0.2, 0.25) is 0 Å². The van der Waals surface area contributed by atoms with Crippen LogP contribution in [0.5, 0.6) is 0 Å². The van der Waals surface area contributed by atoms with Crippen molar-refractivity contribution in [3.05, 3.63) is 29.8 Å². The molecule has 1 aliphatic rings. The first-order valence-corrected chi connectivity index (χ1v) is 9.40. The zero-order chi connectivity index (χ0) is 15.3. The Hall–Kier alpha value is -0.910. The normalized spacial score (nSPS) is 17.3. The predicted molar refractivity (Wildman–Crippen MR) is 85.9 cm³/mol.